The zero-order valence-corrected chi connectivity index (χ0v) is 12.2. The highest BCUT2D eigenvalue weighted by Crippen LogP contribution is 2.11. The lowest BCUT2D eigenvalue weighted by Crippen LogP contribution is -2.27. The summed E-state index contributed by atoms with van der Waals surface area (Å²) in [6, 6.07) is 7.73. The number of halogens is 1. The van der Waals surface area contributed by atoms with Crippen molar-refractivity contribution in [3.05, 3.63) is 40.4 Å². The van der Waals surface area contributed by atoms with Crippen molar-refractivity contribution in [3.8, 4) is 0 Å². The molecule has 0 heterocycles. The van der Waals surface area contributed by atoms with Crippen molar-refractivity contribution in [2.45, 2.75) is 19.4 Å². The first-order valence-electron chi connectivity index (χ1n) is 5.86. The molecule has 98 valence electrons. The maximum Gasteiger partial charge on any atom is 0.246 e. The first kappa shape index (κ1) is 14.9. The molecular formula is C14H18BrNO2. The molecule has 1 atom stereocenters. The van der Waals surface area contributed by atoms with Gasteiger partial charge >= 0.3 is 0 Å². The number of amides is 1. The van der Waals surface area contributed by atoms with E-state index in [1.54, 1.807) is 31.0 Å². The van der Waals surface area contributed by atoms with E-state index < -0.39 is 0 Å². The van der Waals surface area contributed by atoms with E-state index in [2.05, 4.69) is 15.9 Å². The van der Waals surface area contributed by atoms with Crippen molar-refractivity contribution in [2.75, 3.05) is 13.6 Å². The number of rotatable bonds is 5. The standard InChI is InChI=1S/C14H18BrNO2/c1-11(17)9-10-16(2)14(18)8-5-12-3-6-13(15)7-4-12/h3-8,11,17H,9-10H2,1-2H3/b8-5+. The van der Waals surface area contributed by atoms with Crippen LogP contribution in [0.4, 0.5) is 0 Å². The molecule has 1 amide bonds. The predicted molar refractivity (Wildman–Crippen MR) is 77.1 cm³/mol. The van der Waals surface area contributed by atoms with Crippen molar-refractivity contribution < 1.29 is 9.90 Å². The van der Waals surface area contributed by atoms with Gasteiger partial charge in [0.25, 0.3) is 0 Å². The summed E-state index contributed by atoms with van der Waals surface area (Å²) in [5.74, 6) is -0.0569. The fourth-order valence-electron chi connectivity index (χ4n) is 1.36. The van der Waals surface area contributed by atoms with Crippen LogP contribution in [0, 0.1) is 0 Å². The van der Waals surface area contributed by atoms with Gasteiger partial charge in [-0.15, -0.1) is 0 Å². The Balaban J connectivity index is 2.50. The van der Waals surface area contributed by atoms with Crippen LogP contribution in [-0.2, 0) is 4.79 Å². The van der Waals surface area contributed by atoms with Gasteiger partial charge in [0.15, 0.2) is 0 Å². The average molecular weight is 312 g/mol. The normalized spacial score (nSPS) is 12.7. The quantitative estimate of drug-likeness (QED) is 0.849. The smallest absolute Gasteiger partial charge is 0.246 e. The summed E-state index contributed by atoms with van der Waals surface area (Å²) in [6.07, 6.45) is 3.54. The van der Waals surface area contributed by atoms with Gasteiger partial charge < -0.3 is 10.0 Å². The van der Waals surface area contributed by atoms with Crippen molar-refractivity contribution >= 4 is 27.9 Å². The van der Waals surface area contributed by atoms with E-state index in [-0.39, 0.29) is 12.0 Å². The summed E-state index contributed by atoms with van der Waals surface area (Å²) in [5, 5.41) is 9.16. The number of benzene rings is 1. The number of hydrogen-bond donors (Lipinski definition) is 1. The van der Waals surface area contributed by atoms with Gasteiger partial charge in [-0.05, 0) is 37.1 Å². The Hall–Kier alpha value is -1.13. The molecule has 0 aliphatic carbocycles. The third-order valence-corrected chi connectivity index (χ3v) is 3.08. The summed E-state index contributed by atoms with van der Waals surface area (Å²) in [7, 11) is 1.73. The van der Waals surface area contributed by atoms with Crippen LogP contribution in [0.25, 0.3) is 6.08 Å². The van der Waals surface area contributed by atoms with Crippen LogP contribution in [0.5, 0.6) is 0 Å². The minimum absolute atomic E-state index is 0.0569. The predicted octanol–water partition coefficient (Wildman–Crippen LogP) is 2.69. The number of aliphatic hydroxyl groups is 1. The highest BCUT2D eigenvalue weighted by molar-refractivity contribution is 9.10. The monoisotopic (exact) mass is 311 g/mol. The molecule has 1 aromatic carbocycles. The molecule has 0 aromatic heterocycles. The van der Waals surface area contributed by atoms with Gasteiger partial charge in [0.1, 0.15) is 0 Å². The topological polar surface area (TPSA) is 40.5 Å². The van der Waals surface area contributed by atoms with E-state index in [1.165, 1.54) is 0 Å². The molecule has 0 aliphatic rings. The van der Waals surface area contributed by atoms with Crippen LogP contribution in [0.1, 0.15) is 18.9 Å². The number of aliphatic hydroxyl groups excluding tert-OH is 1. The zero-order valence-electron chi connectivity index (χ0n) is 10.6. The molecule has 0 saturated carbocycles. The lowest BCUT2D eigenvalue weighted by Gasteiger charge is -2.15. The Morgan fingerprint density at radius 1 is 1.44 bits per heavy atom. The molecule has 0 radical (unpaired) electrons. The fourth-order valence-corrected chi connectivity index (χ4v) is 1.62. The van der Waals surface area contributed by atoms with E-state index >= 15 is 0 Å². The Morgan fingerprint density at radius 2 is 2.06 bits per heavy atom. The molecule has 0 spiro atoms. The van der Waals surface area contributed by atoms with Gasteiger partial charge in [0.2, 0.25) is 5.91 Å². The number of nitrogens with zero attached hydrogens (tertiary/aromatic N) is 1. The van der Waals surface area contributed by atoms with E-state index in [0.29, 0.717) is 13.0 Å². The van der Waals surface area contributed by atoms with Crippen LogP contribution in [0.3, 0.4) is 0 Å². The van der Waals surface area contributed by atoms with Gasteiger partial charge in [-0.2, -0.15) is 0 Å². The van der Waals surface area contributed by atoms with Crippen molar-refractivity contribution in [1.82, 2.24) is 4.90 Å². The van der Waals surface area contributed by atoms with E-state index in [1.807, 2.05) is 24.3 Å². The van der Waals surface area contributed by atoms with Crippen LogP contribution < -0.4 is 0 Å². The Bertz CT molecular complexity index is 412. The molecule has 1 rings (SSSR count). The Kier molecular flexibility index (Phi) is 6.09. The average Bonchev–Trinajstić information content (AvgIpc) is 2.34. The molecule has 0 saturated heterocycles. The molecule has 0 aliphatic heterocycles. The van der Waals surface area contributed by atoms with Crippen molar-refractivity contribution in [3.63, 3.8) is 0 Å². The van der Waals surface area contributed by atoms with Crippen molar-refractivity contribution in [2.24, 2.45) is 0 Å². The maximum absolute atomic E-state index is 11.7. The van der Waals surface area contributed by atoms with Crippen LogP contribution >= 0.6 is 15.9 Å². The second-order valence-corrected chi connectivity index (χ2v) is 5.20. The third-order valence-electron chi connectivity index (χ3n) is 2.55. The first-order chi connectivity index (χ1) is 8.49. The third kappa shape index (κ3) is 5.47. The summed E-state index contributed by atoms with van der Waals surface area (Å²) in [4.78, 5) is 13.3. The van der Waals surface area contributed by atoms with E-state index in [0.717, 1.165) is 10.0 Å². The molecule has 0 fully saturated rings. The SMILES string of the molecule is CC(O)CCN(C)C(=O)/C=C/c1ccc(Br)cc1. The summed E-state index contributed by atoms with van der Waals surface area (Å²) < 4.78 is 1.01. The van der Waals surface area contributed by atoms with Crippen molar-refractivity contribution in [1.29, 1.82) is 0 Å². The van der Waals surface area contributed by atoms with Crippen LogP contribution in [-0.4, -0.2) is 35.6 Å². The highest BCUT2D eigenvalue weighted by Gasteiger charge is 2.05. The minimum Gasteiger partial charge on any atom is -0.393 e. The van der Waals surface area contributed by atoms with Crippen LogP contribution in [0.15, 0.2) is 34.8 Å². The fraction of sp³-hybridized carbons (Fsp3) is 0.357. The molecular weight excluding hydrogens is 294 g/mol. The Labute approximate surface area is 116 Å². The summed E-state index contributed by atoms with van der Waals surface area (Å²) in [6.45, 7) is 2.27. The summed E-state index contributed by atoms with van der Waals surface area (Å²) in [5.41, 5.74) is 0.982. The largest absolute Gasteiger partial charge is 0.393 e. The van der Waals surface area contributed by atoms with Gasteiger partial charge in [0, 0.05) is 24.1 Å². The zero-order chi connectivity index (χ0) is 13.5. The van der Waals surface area contributed by atoms with Gasteiger partial charge in [-0.3, -0.25) is 4.79 Å². The second kappa shape index (κ2) is 7.34. The first-order valence-corrected chi connectivity index (χ1v) is 6.65. The molecule has 18 heavy (non-hydrogen) atoms. The van der Waals surface area contributed by atoms with E-state index in [4.69, 9.17) is 5.11 Å². The second-order valence-electron chi connectivity index (χ2n) is 4.28. The molecule has 1 N–H and O–H groups in total. The molecule has 3 nitrogen and oxygen atoms in total. The molecule has 1 unspecified atom stereocenters. The minimum atomic E-state index is -0.379. The number of carbonyl (C=O) groups is 1. The van der Waals surface area contributed by atoms with Gasteiger partial charge in [-0.25, -0.2) is 0 Å². The van der Waals surface area contributed by atoms with Crippen LogP contribution in [0.2, 0.25) is 0 Å². The number of carbonyl (C=O) groups excluding carboxylic acids is 1. The van der Waals surface area contributed by atoms with E-state index in [9.17, 15) is 4.79 Å². The van der Waals surface area contributed by atoms with Gasteiger partial charge in [-0.1, -0.05) is 28.1 Å². The number of hydrogen-bond acceptors (Lipinski definition) is 2. The highest BCUT2D eigenvalue weighted by atomic mass is 79.9. The maximum atomic E-state index is 11.7. The van der Waals surface area contributed by atoms with Gasteiger partial charge in [0.05, 0.1) is 6.10 Å². The molecule has 1 aromatic rings. The molecule has 0 bridgehead atoms. The lowest BCUT2D eigenvalue weighted by atomic mass is 10.2. The number of likely N-dealkylation sites (N-methyl/N-ethyl adjacent to an activating group) is 1. The lowest BCUT2D eigenvalue weighted by molar-refractivity contribution is -0.124. The Morgan fingerprint density at radius 3 is 2.61 bits per heavy atom. The summed E-state index contributed by atoms with van der Waals surface area (Å²) >= 11 is 3.36. The molecule has 4 heteroatoms.